The Balaban J connectivity index is 2.36. The van der Waals surface area contributed by atoms with Crippen LogP contribution in [-0.2, 0) is 10.3 Å². The first-order valence-corrected chi connectivity index (χ1v) is 6.89. The molecule has 6 heteroatoms. The summed E-state index contributed by atoms with van der Waals surface area (Å²) in [6.45, 7) is 3.68. The number of hydrogen-bond donors (Lipinski definition) is 1. The topological polar surface area (TPSA) is 60.5 Å². The molecule has 0 aliphatic carbocycles. The van der Waals surface area contributed by atoms with Gasteiger partial charge in [-0.2, -0.15) is 0 Å². The summed E-state index contributed by atoms with van der Waals surface area (Å²) in [6.07, 6.45) is -0.497. The fourth-order valence-corrected chi connectivity index (χ4v) is 2.76. The van der Waals surface area contributed by atoms with Gasteiger partial charge in [-0.15, -0.1) is 0 Å². The number of methoxy groups -OCH3 is 1. The normalized spacial score (nSPS) is 16.3. The fraction of sp³-hybridized carbons (Fsp3) is 0.286. The van der Waals surface area contributed by atoms with Crippen molar-refractivity contribution in [3.63, 3.8) is 0 Å². The van der Waals surface area contributed by atoms with Gasteiger partial charge < -0.3 is 9.47 Å². The van der Waals surface area contributed by atoms with E-state index >= 15 is 0 Å². The molecule has 1 N–H and O–H groups in total. The zero-order chi connectivity index (χ0) is 14.5. The van der Waals surface area contributed by atoms with Crippen LogP contribution in [0.5, 0.6) is 5.75 Å². The highest BCUT2D eigenvalue weighted by Gasteiger charge is 2.35. The third-order valence-electron chi connectivity index (χ3n) is 3.33. The number of ether oxygens (including phenoxy) is 2. The van der Waals surface area contributed by atoms with Crippen molar-refractivity contribution >= 4 is 38.7 Å². The fourth-order valence-electron chi connectivity index (χ4n) is 2.33. The number of rotatable bonds is 1. The highest BCUT2D eigenvalue weighted by atomic mass is 79.9. The summed E-state index contributed by atoms with van der Waals surface area (Å²) in [4.78, 5) is 16.1. The van der Waals surface area contributed by atoms with E-state index in [1.807, 2.05) is 32.0 Å². The van der Waals surface area contributed by atoms with Crippen LogP contribution in [0.1, 0.15) is 19.4 Å². The van der Waals surface area contributed by atoms with Gasteiger partial charge in [0.05, 0.1) is 7.11 Å². The summed E-state index contributed by atoms with van der Waals surface area (Å²) in [5, 5.41) is 3.55. The van der Waals surface area contributed by atoms with Crippen LogP contribution in [0.2, 0.25) is 0 Å². The SMILES string of the molecule is COc1ccc(Br)c2cc3c(nc12)NC(=O)OC3(C)C. The number of benzene rings is 1. The number of halogens is 1. The Kier molecular flexibility index (Phi) is 2.86. The van der Waals surface area contributed by atoms with E-state index in [2.05, 4.69) is 26.2 Å². The van der Waals surface area contributed by atoms with E-state index in [9.17, 15) is 4.79 Å². The molecule has 1 aromatic heterocycles. The molecule has 0 bridgehead atoms. The molecule has 2 heterocycles. The number of pyridine rings is 1. The first-order valence-electron chi connectivity index (χ1n) is 6.10. The highest BCUT2D eigenvalue weighted by Crippen LogP contribution is 2.39. The summed E-state index contributed by atoms with van der Waals surface area (Å²) in [7, 11) is 1.59. The average molecular weight is 337 g/mol. The lowest BCUT2D eigenvalue weighted by atomic mass is 9.96. The smallest absolute Gasteiger partial charge is 0.413 e. The number of nitrogens with one attached hydrogen (secondary N) is 1. The lowest BCUT2D eigenvalue weighted by Gasteiger charge is -2.32. The number of anilines is 1. The maximum atomic E-state index is 11.6. The second kappa shape index (κ2) is 4.34. The number of carbonyl (C=O) groups is 1. The maximum absolute atomic E-state index is 11.6. The Morgan fingerprint density at radius 1 is 1.40 bits per heavy atom. The van der Waals surface area contributed by atoms with Gasteiger partial charge in [-0.1, -0.05) is 15.9 Å². The van der Waals surface area contributed by atoms with Gasteiger partial charge in [0, 0.05) is 15.4 Å². The minimum absolute atomic E-state index is 0.497. The van der Waals surface area contributed by atoms with Crippen molar-refractivity contribution in [3.8, 4) is 5.75 Å². The van der Waals surface area contributed by atoms with E-state index in [0.717, 1.165) is 15.4 Å². The standard InChI is InChI=1S/C14H13BrN2O3/c1-14(2)8-6-7-9(15)4-5-10(19-3)11(7)16-12(8)17-13(18)20-14/h4-6H,1-3H3,(H,16,17,18). The highest BCUT2D eigenvalue weighted by molar-refractivity contribution is 9.10. The number of hydrogen-bond acceptors (Lipinski definition) is 4. The van der Waals surface area contributed by atoms with Gasteiger partial charge in [0.2, 0.25) is 0 Å². The quantitative estimate of drug-likeness (QED) is 0.860. The number of nitrogens with zero attached hydrogens (tertiary/aromatic N) is 1. The molecule has 0 radical (unpaired) electrons. The van der Waals surface area contributed by atoms with Crippen LogP contribution in [0.3, 0.4) is 0 Å². The zero-order valence-electron chi connectivity index (χ0n) is 11.3. The molecule has 1 aliphatic rings. The van der Waals surface area contributed by atoms with E-state index in [1.165, 1.54) is 0 Å². The van der Waals surface area contributed by atoms with Crippen LogP contribution < -0.4 is 10.1 Å². The van der Waals surface area contributed by atoms with E-state index in [1.54, 1.807) is 7.11 Å². The molecule has 0 atom stereocenters. The molecule has 3 rings (SSSR count). The molecule has 0 fully saturated rings. The van der Waals surface area contributed by atoms with Crippen LogP contribution >= 0.6 is 15.9 Å². The van der Waals surface area contributed by atoms with Crippen LogP contribution in [0, 0.1) is 0 Å². The third kappa shape index (κ3) is 1.91. The Morgan fingerprint density at radius 3 is 2.85 bits per heavy atom. The van der Waals surface area contributed by atoms with E-state index in [4.69, 9.17) is 9.47 Å². The molecule has 0 unspecified atom stereocenters. The van der Waals surface area contributed by atoms with E-state index in [-0.39, 0.29) is 0 Å². The number of amides is 1. The van der Waals surface area contributed by atoms with Gasteiger partial charge in [0.25, 0.3) is 0 Å². The Labute approximate surface area is 124 Å². The predicted molar refractivity (Wildman–Crippen MR) is 79.1 cm³/mol. The molecule has 0 saturated carbocycles. The molecule has 0 spiro atoms. The van der Waals surface area contributed by atoms with Gasteiger partial charge in [-0.3, -0.25) is 5.32 Å². The summed E-state index contributed by atoms with van der Waals surface area (Å²) in [6, 6.07) is 5.70. The molecule has 20 heavy (non-hydrogen) atoms. The molecule has 1 amide bonds. The average Bonchev–Trinajstić information content (AvgIpc) is 2.37. The van der Waals surface area contributed by atoms with Gasteiger partial charge in [0.1, 0.15) is 22.7 Å². The second-order valence-corrected chi connectivity index (χ2v) is 5.91. The molecule has 2 aromatic rings. The first-order chi connectivity index (χ1) is 9.42. The summed E-state index contributed by atoms with van der Waals surface area (Å²) in [5.41, 5.74) is 0.804. The van der Waals surface area contributed by atoms with Crippen molar-refractivity contribution in [3.05, 3.63) is 28.2 Å². The number of fused-ring (bicyclic) bond motifs is 2. The summed E-state index contributed by atoms with van der Waals surface area (Å²) < 4.78 is 11.5. The number of cyclic esters (lactones) is 1. The van der Waals surface area contributed by atoms with Crippen molar-refractivity contribution in [1.29, 1.82) is 0 Å². The molecule has 1 aromatic carbocycles. The summed E-state index contributed by atoms with van der Waals surface area (Å²) in [5.74, 6) is 1.17. The van der Waals surface area contributed by atoms with E-state index < -0.39 is 11.7 Å². The second-order valence-electron chi connectivity index (χ2n) is 5.06. The van der Waals surface area contributed by atoms with Crippen molar-refractivity contribution in [2.75, 3.05) is 12.4 Å². The first kappa shape index (κ1) is 13.2. The van der Waals surface area contributed by atoms with Crippen LogP contribution in [0.4, 0.5) is 10.6 Å². The zero-order valence-corrected chi connectivity index (χ0v) is 12.9. The van der Waals surface area contributed by atoms with Crippen molar-refractivity contribution in [2.24, 2.45) is 0 Å². The Bertz CT molecular complexity index is 728. The molecular weight excluding hydrogens is 324 g/mol. The number of carbonyl (C=O) groups excluding carboxylic acids is 1. The van der Waals surface area contributed by atoms with Crippen molar-refractivity contribution < 1.29 is 14.3 Å². The molecule has 0 saturated heterocycles. The van der Waals surface area contributed by atoms with Crippen LogP contribution in [-0.4, -0.2) is 18.2 Å². The lowest BCUT2D eigenvalue weighted by molar-refractivity contribution is 0.0417. The van der Waals surface area contributed by atoms with Crippen molar-refractivity contribution in [2.45, 2.75) is 19.4 Å². The van der Waals surface area contributed by atoms with Gasteiger partial charge >= 0.3 is 6.09 Å². The minimum Gasteiger partial charge on any atom is -0.494 e. The van der Waals surface area contributed by atoms with Gasteiger partial charge in [-0.05, 0) is 32.0 Å². The minimum atomic E-state index is -0.721. The van der Waals surface area contributed by atoms with Crippen LogP contribution in [0.25, 0.3) is 10.9 Å². The largest absolute Gasteiger partial charge is 0.494 e. The third-order valence-corrected chi connectivity index (χ3v) is 4.02. The number of aromatic nitrogens is 1. The Morgan fingerprint density at radius 2 is 2.15 bits per heavy atom. The molecular formula is C14H13BrN2O3. The van der Waals surface area contributed by atoms with Gasteiger partial charge in [-0.25, -0.2) is 9.78 Å². The summed E-state index contributed by atoms with van der Waals surface area (Å²) >= 11 is 3.51. The van der Waals surface area contributed by atoms with E-state index in [0.29, 0.717) is 17.1 Å². The van der Waals surface area contributed by atoms with Gasteiger partial charge in [0.15, 0.2) is 0 Å². The maximum Gasteiger partial charge on any atom is 0.413 e. The lowest BCUT2D eigenvalue weighted by Crippen LogP contribution is -2.35. The molecule has 5 nitrogen and oxygen atoms in total. The predicted octanol–water partition coefficient (Wildman–Crippen LogP) is 3.80. The monoisotopic (exact) mass is 336 g/mol. The molecule has 104 valence electrons. The molecule has 1 aliphatic heterocycles. The van der Waals surface area contributed by atoms with Crippen LogP contribution in [0.15, 0.2) is 22.7 Å². The van der Waals surface area contributed by atoms with Crippen molar-refractivity contribution in [1.82, 2.24) is 4.98 Å². The Hall–Kier alpha value is -1.82.